The molecule has 6 heteroatoms. The van der Waals surface area contributed by atoms with Crippen LogP contribution >= 0.6 is 0 Å². The molecule has 1 aromatic heterocycles. The van der Waals surface area contributed by atoms with Gasteiger partial charge in [-0.3, -0.25) is 4.79 Å². The van der Waals surface area contributed by atoms with Gasteiger partial charge in [0.15, 0.2) is 11.5 Å². The van der Waals surface area contributed by atoms with Gasteiger partial charge in [0.05, 0.1) is 0 Å². The maximum Gasteiger partial charge on any atom is 0.309 e. The minimum atomic E-state index is -3.27. The lowest BCUT2D eigenvalue weighted by atomic mass is 10.0. The van der Waals surface area contributed by atoms with E-state index in [0.29, 0.717) is 22.6 Å². The number of hydrogen-bond acceptors (Lipinski definition) is 3. The fraction of sp³-hybridized carbons (Fsp3) is 0.333. The predicted molar refractivity (Wildman–Crippen MR) is 59.6 cm³/mol. The summed E-state index contributed by atoms with van der Waals surface area (Å²) in [6.07, 6.45) is -1.80. The van der Waals surface area contributed by atoms with E-state index in [1.165, 1.54) is 12.1 Å². The second kappa shape index (κ2) is 4.36. The summed E-state index contributed by atoms with van der Waals surface area (Å²) in [6.45, 7) is 1.67. The Hall–Kier alpha value is -1.98. The number of alkyl halides is 2. The Bertz CT molecular complexity index is 592. The molecule has 0 atom stereocenters. The molecule has 2 rings (SSSR count). The predicted octanol–water partition coefficient (Wildman–Crippen LogP) is 2.79. The monoisotopic (exact) mass is 255 g/mol. The van der Waals surface area contributed by atoms with Crippen molar-refractivity contribution in [3.8, 4) is 0 Å². The van der Waals surface area contributed by atoms with Gasteiger partial charge in [0.25, 0.3) is 5.92 Å². The average Bonchev–Trinajstić information content (AvgIpc) is 2.54. The van der Waals surface area contributed by atoms with Crippen LogP contribution in [0.15, 0.2) is 22.6 Å². The van der Waals surface area contributed by atoms with Gasteiger partial charge in [-0.1, -0.05) is 6.07 Å². The summed E-state index contributed by atoms with van der Waals surface area (Å²) >= 11 is 0. The van der Waals surface area contributed by atoms with Crippen molar-refractivity contribution in [2.45, 2.75) is 25.7 Å². The first-order valence-electron chi connectivity index (χ1n) is 5.31. The number of benzene rings is 1. The Labute approximate surface area is 101 Å². The van der Waals surface area contributed by atoms with E-state index < -0.39 is 24.7 Å². The van der Waals surface area contributed by atoms with E-state index in [1.54, 1.807) is 13.0 Å². The van der Waals surface area contributed by atoms with Gasteiger partial charge in [-0.05, 0) is 17.7 Å². The zero-order chi connectivity index (χ0) is 13.3. The molecule has 0 radical (unpaired) electrons. The molecule has 0 aliphatic heterocycles. The van der Waals surface area contributed by atoms with E-state index in [0.717, 1.165) is 0 Å². The Morgan fingerprint density at radius 1 is 1.50 bits per heavy atom. The van der Waals surface area contributed by atoms with Gasteiger partial charge in [-0.15, -0.1) is 0 Å². The number of fused-ring (bicyclic) bond motifs is 1. The molecule has 18 heavy (non-hydrogen) atoms. The number of aliphatic carboxylic acids is 1. The summed E-state index contributed by atoms with van der Waals surface area (Å²) in [5.41, 5.74) is 1.36. The van der Waals surface area contributed by atoms with Crippen molar-refractivity contribution >= 4 is 17.1 Å². The number of nitrogens with zero attached hydrogens (tertiary/aromatic N) is 1. The SMILES string of the molecule is Cc1nc2cc(CC(F)(F)CC(=O)O)ccc2o1. The highest BCUT2D eigenvalue weighted by atomic mass is 19.3. The Morgan fingerprint density at radius 2 is 2.22 bits per heavy atom. The number of carbonyl (C=O) groups is 1. The van der Waals surface area contributed by atoms with Crippen molar-refractivity contribution in [2.24, 2.45) is 0 Å². The van der Waals surface area contributed by atoms with Crippen LogP contribution in [0.2, 0.25) is 0 Å². The highest BCUT2D eigenvalue weighted by Crippen LogP contribution is 2.26. The van der Waals surface area contributed by atoms with Gasteiger partial charge in [-0.2, -0.15) is 0 Å². The Balaban J connectivity index is 2.23. The van der Waals surface area contributed by atoms with E-state index >= 15 is 0 Å². The van der Waals surface area contributed by atoms with Crippen molar-refractivity contribution < 1.29 is 23.1 Å². The van der Waals surface area contributed by atoms with Crippen LogP contribution in [0.1, 0.15) is 17.9 Å². The zero-order valence-corrected chi connectivity index (χ0v) is 9.61. The van der Waals surface area contributed by atoms with Crippen LogP contribution in [0.3, 0.4) is 0 Å². The number of oxazole rings is 1. The molecular weight excluding hydrogens is 244 g/mol. The summed E-state index contributed by atoms with van der Waals surface area (Å²) in [6, 6.07) is 4.53. The highest BCUT2D eigenvalue weighted by Gasteiger charge is 2.32. The van der Waals surface area contributed by atoms with E-state index in [2.05, 4.69) is 4.98 Å². The summed E-state index contributed by atoms with van der Waals surface area (Å²) in [7, 11) is 0. The first-order valence-corrected chi connectivity index (χ1v) is 5.31. The smallest absolute Gasteiger partial charge is 0.309 e. The fourth-order valence-corrected chi connectivity index (χ4v) is 1.78. The largest absolute Gasteiger partial charge is 0.481 e. The molecule has 1 heterocycles. The van der Waals surface area contributed by atoms with Gasteiger partial charge in [-0.25, -0.2) is 13.8 Å². The van der Waals surface area contributed by atoms with Crippen molar-refractivity contribution in [1.82, 2.24) is 4.98 Å². The second-order valence-electron chi connectivity index (χ2n) is 4.14. The number of carboxylic acid groups (broad SMARTS) is 1. The van der Waals surface area contributed by atoms with E-state index in [4.69, 9.17) is 9.52 Å². The minimum Gasteiger partial charge on any atom is -0.481 e. The standard InChI is InChI=1S/C12H11F2NO3/c1-7-15-9-4-8(2-3-10(9)18-7)5-12(13,14)6-11(16)17/h2-4H,5-6H2,1H3,(H,16,17). The van der Waals surface area contributed by atoms with Gasteiger partial charge in [0.2, 0.25) is 0 Å². The summed E-state index contributed by atoms with van der Waals surface area (Å²) in [5.74, 6) is -4.32. The number of hydrogen-bond donors (Lipinski definition) is 1. The number of carboxylic acids is 1. The molecule has 96 valence electrons. The third kappa shape index (κ3) is 2.82. The second-order valence-corrected chi connectivity index (χ2v) is 4.14. The third-order valence-electron chi connectivity index (χ3n) is 2.43. The van der Waals surface area contributed by atoms with Gasteiger partial charge < -0.3 is 9.52 Å². The molecule has 0 aliphatic rings. The summed E-state index contributed by atoms with van der Waals surface area (Å²) in [4.78, 5) is 14.4. The average molecular weight is 255 g/mol. The molecule has 1 N–H and O–H groups in total. The number of rotatable bonds is 4. The quantitative estimate of drug-likeness (QED) is 0.912. The van der Waals surface area contributed by atoms with Crippen LogP contribution in [0.4, 0.5) is 8.78 Å². The Kier molecular flexibility index (Phi) is 3.02. The van der Waals surface area contributed by atoms with Crippen LogP contribution < -0.4 is 0 Å². The van der Waals surface area contributed by atoms with Crippen LogP contribution in [0.5, 0.6) is 0 Å². The maximum atomic E-state index is 13.3. The number of aromatic nitrogens is 1. The molecule has 0 aliphatic carbocycles. The minimum absolute atomic E-state index is 0.335. The molecule has 4 nitrogen and oxygen atoms in total. The van der Waals surface area contributed by atoms with E-state index in [1.807, 2.05) is 0 Å². The zero-order valence-electron chi connectivity index (χ0n) is 9.61. The van der Waals surface area contributed by atoms with Crippen molar-refractivity contribution in [2.75, 3.05) is 0 Å². The summed E-state index contributed by atoms with van der Waals surface area (Å²) in [5, 5.41) is 8.39. The molecule has 2 aromatic rings. The molecule has 0 fully saturated rings. The lowest BCUT2D eigenvalue weighted by molar-refractivity contribution is -0.144. The van der Waals surface area contributed by atoms with Crippen LogP contribution in [0.25, 0.3) is 11.1 Å². The van der Waals surface area contributed by atoms with Crippen LogP contribution in [0, 0.1) is 6.92 Å². The highest BCUT2D eigenvalue weighted by molar-refractivity contribution is 5.73. The van der Waals surface area contributed by atoms with Crippen molar-refractivity contribution in [1.29, 1.82) is 0 Å². The Morgan fingerprint density at radius 3 is 2.89 bits per heavy atom. The molecule has 0 saturated heterocycles. The molecule has 0 spiro atoms. The maximum absolute atomic E-state index is 13.3. The summed E-state index contributed by atoms with van der Waals surface area (Å²) < 4.78 is 31.9. The first kappa shape index (κ1) is 12.5. The molecule has 0 bridgehead atoms. The number of aryl methyl sites for hydroxylation is 1. The molecular formula is C12H11F2NO3. The van der Waals surface area contributed by atoms with Crippen molar-refractivity contribution in [3.05, 3.63) is 29.7 Å². The number of halogens is 2. The lowest BCUT2D eigenvalue weighted by Gasteiger charge is -2.13. The van der Waals surface area contributed by atoms with Crippen LogP contribution in [-0.4, -0.2) is 22.0 Å². The normalized spacial score (nSPS) is 11.9. The van der Waals surface area contributed by atoms with E-state index in [9.17, 15) is 13.6 Å². The van der Waals surface area contributed by atoms with Gasteiger partial charge in [0.1, 0.15) is 11.9 Å². The topological polar surface area (TPSA) is 63.3 Å². The first-order chi connectivity index (χ1) is 8.35. The molecule has 1 aromatic carbocycles. The fourth-order valence-electron chi connectivity index (χ4n) is 1.78. The molecule has 0 unspecified atom stereocenters. The third-order valence-corrected chi connectivity index (χ3v) is 2.43. The van der Waals surface area contributed by atoms with E-state index in [-0.39, 0.29) is 0 Å². The molecule has 0 saturated carbocycles. The van der Waals surface area contributed by atoms with Crippen molar-refractivity contribution in [3.63, 3.8) is 0 Å². The van der Waals surface area contributed by atoms with Gasteiger partial charge >= 0.3 is 5.97 Å². The lowest BCUT2D eigenvalue weighted by Crippen LogP contribution is -2.23. The van der Waals surface area contributed by atoms with Gasteiger partial charge in [0, 0.05) is 13.3 Å². The molecule has 0 amide bonds. The van der Waals surface area contributed by atoms with Crippen LogP contribution in [-0.2, 0) is 11.2 Å².